The summed E-state index contributed by atoms with van der Waals surface area (Å²) in [6.07, 6.45) is -0.593. The third-order valence-electron chi connectivity index (χ3n) is 2.36. The molecule has 0 saturated carbocycles. The molecule has 0 atom stereocenters. The average molecular weight is 268 g/mol. The molecule has 0 aromatic heterocycles. The van der Waals surface area contributed by atoms with Gasteiger partial charge >= 0.3 is 11.9 Å². The summed E-state index contributed by atoms with van der Waals surface area (Å²) in [6, 6.07) is 5.81. The zero-order chi connectivity index (χ0) is 15.0. The topological polar surface area (TPSA) is 94.8 Å². The molecule has 5 nitrogen and oxygen atoms in total. The fourth-order valence-electron chi connectivity index (χ4n) is 1.36. The van der Waals surface area contributed by atoms with Gasteiger partial charge in [-0.2, -0.15) is 0 Å². The smallest absolute Gasteiger partial charge is 0.303 e. The number of phenols is 1. The first kappa shape index (κ1) is 17.0. The van der Waals surface area contributed by atoms with E-state index in [1.807, 2.05) is 19.1 Å². The summed E-state index contributed by atoms with van der Waals surface area (Å²) in [5.74, 6) is -1.34. The average Bonchev–Trinajstić information content (AvgIpc) is 2.26. The molecule has 0 radical (unpaired) electrons. The summed E-state index contributed by atoms with van der Waals surface area (Å²) in [5.41, 5.74) is 2.13. The lowest BCUT2D eigenvalue weighted by Gasteiger charge is -2.07. The number of carboxylic acids is 2. The Hall–Kier alpha value is -2.04. The molecule has 5 heteroatoms. The van der Waals surface area contributed by atoms with Gasteiger partial charge in [0.1, 0.15) is 5.75 Å². The maximum Gasteiger partial charge on any atom is 0.303 e. The van der Waals surface area contributed by atoms with Crippen LogP contribution in [-0.4, -0.2) is 27.3 Å². The van der Waals surface area contributed by atoms with Crippen molar-refractivity contribution >= 4 is 11.9 Å². The second-order valence-corrected chi connectivity index (χ2v) is 4.50. The molecular weight excluding hydrogens is 248 g/mol. The molecule has 19 heavy (non-hydrogen) atoms. The Morgan fingerprint density at radius 3 is 1.89 bits per heavy atom. The molecule has 1 rings (SSSR count). The van der Waals surface area contributed by atoms with E-state index in [1.165, 1.54) is 0 Å². The van der Waals surface area contributed by atoms with Crippen LogP contribution in [0.1, 0.15) is 43.7 Å². The normalized spacial score (nSPS) is 9.68. The molecule has 0 spiro atoms. The molecule has 0 saturated heterocycles. The number of aromatic hydroxyl groups is 1. The lowest BCUT2D eigenvalue weighted by molar-refractivity contribution is -0.143. The maximum absolute atomic E-state index is 9.64. The first-order chi connectivity index (χ1) is 8.73. The first-order valence-electron chi connectivity index (χ1n) is 5.97. The van der Waals surface area contributed by atoms with Crippen molar-refractivity contribution in [3.63, 3.8) is 0 Å². The van der Waals surface area contributed by atoms with Crippen molar-refractivity contribution in [2.75, 3.05) is 0 Å². The highest BCUT2D eigenvalue weighted by molar-refractivity contribution is 5.75. The standard InChI is InChI=1S/C10H14O.C4H6O4/c1-7(2)9-5-4-8(3)6-10(9)11;5-3(6)1-2-4(7)8/h4-7,11H,1-3H3;1-2H2,(H,5,6)(H,7,8). The number of aliphatic carboxylic acids is 2. The van der Waals surface area contributed by atoms with Crippen LogP contribution in [0.15, 0.2) is 18.2 Å². The number of hydrogen-bond acceptors (Lipinski definition) is 3. The van der Waals surface area contributed by atoms with E-state index in [9.17, 15) is 14.7 Å². The summed E-state index contributed by atoms with van der Waals surface area (Å²) < 4.78 is 0. The molecule has 0 unspecified atom stereocenters. The predicted octanol–water partition coefficient (Wildman–Crippen LogP) is 2.76. The molecule has 0 aliphatic carbocycles. The van der Waals surface area contributed by atoms with E-state index < -0.39 is 11.9 Å². The summed E-state index contributed by atoms with van der Waals surface area (Å²) in [5, 5.41) is 25.3. The number of carbonyl (C=O) groups is 2. The monoisotopic (exact) mass is 268 g/mol. The minimum absolute atomic E-state index is 0.296. The van der Waals surface area contributed by atoms with Gasteiger partial charge in [-0.15, -0.1) is 0 Å². The number of carboxylic acid groups (broad SMARTS) is 2. The van der Waals surface area contributed by atoms with E-state index in [-0.39, 0.29) is 12.8 Å². The van der Waals surface area contributed by atoms with Crippen LogP contribution in [0.3, 0.4) is 0 Å². The summed E-state index contributed by atoms with van der Waals surface area (Å²) >= 11 is 0. The largest absolute Gasteiger partial charge is 0.508 e. The molecule has 0 bridgehead atoms. The number of benzene rings is 1. The van der Waals surface area contributed by atoms with Crippen LogP contribution in [-0.2, 0) is 9.59 Å². The van der Waals surface area contributed by atoms with Gasteiger partial charge in [0.25, 0.3) is 0 Å². The van der Waals surface area contributed by atoms with E-state index in [0.717, 1.165) is 11.1 Å². The Kier molecular flexibility index (Phi) is 7.26. The van der Waals surface area contributed by atoms with Crippen molar-refractivity contribution in [3.05, 3.63) is 29.3 Å². The zero-order valence-electron chi connectivity index (χ0n) is 11.4. The minimum atomic E-state index is -1.08. The van der Waals surface area contributed by atoms with E-state index >= 15 is 0 Å². The highest BCUT2D eigenvalue weighted by atomic mass is 16.4. The van der Waals surface area contributed by atoms with Crippen molar-refractivity contribution in [1.82, 2.24) is 0 Å². The highest BCUT2D eigenvalue weighted by Crippen LogP contribution is 2.25. The lowest BCUT2D eigenvalue weighted by atomic mass is 10.0. The predicted molar refractivity (Wildman–Crippen MR) is 71.4 cm³/mol. The van der Waals surface area contributed by atoms with Crippen LogP contribution in [0, 0.1) is 6.92 Å². The van der Waals surface area contributed by atoms with Crippen LogP contribution < -0.4 is 0 Å². The van der Waals surface area contributed by atoms with Crippen molar-refractivity contribution < 1.29 is 24.9 Å². The van der Waals surface area contributed by atoms with Gasteiger partial charge in [0.2, 0.25) is 0 Å². The van der Waals surface area contributed by atoms with Gasteiger partial charge in [-0.1, -0.05) is 26.0 Å². The maximum atomic E-state index is 9.64. The Morgan fingerprint density at radius 2 is 1.58 bits per heavy atom. The molecule has 1 aromatic carbocycles. The molecule has 0 aliphatic heterocycles. The van der Waals surface area contributed by atoms with Crippen LogP contribution >= 0.6 is 0 Å². The number of aryl methyl sites for hydroxylation is 1. The molecule has 106 valence electrons. The SMILES string of the molecule is Cc1ccc(C(C)C)c(O)c1.O=C(O)CCC(=O)O. The Bertz CT molecular complexity index is 423. The first-order valence-corrected chi connectivity index (χ1v) is 5.97. The van der Waals surface area contributed by atoms with Gasteiger partial charge in [0.05, 0.1) is 12.8 Å². The fourth-order valence-corrected chi connectivity index (χ4v) is 1.36. The molecule has 3 N–H and O–H groups in total. The van der Waals surface area contributed by atoms with Crippen LogP contribution in [0.2, 0.25) is 0 Å². The minimum Gasteiger partial charge on any atom is -0.508 e. The summed E-state index contributed by atoms with van der Waals surface area (Å²) in [4.78, 5) is 19.3. The Morgan fingerprint density at radius 1 is 1.11 bits per heavy atom. The van der Waals surface area contributed by atoms with Gasteiger partial charge < -0.3 is 15.3 Å². The second kappa shape index (κ2) is 8.13. The van der Waals surface area contributed by atoms with E-state index in [0.29, 0.717) is 11.7 Å². The highest BCUT2D eigenvalue weighted by Gasteiger charge is 2.04. The van der Waals surface area contributed by atoms with Gasteiger partial charge in [-0.3, -0.25) is 9.59 Å². The van der Waals surface area contributed by atoms with Crippen molar-refractivity contribution in [3.8, 4) is 5.75 Å². The second-order valence-electron chi connectivity index (χ2n) is 4.50. The van der Waals surface area contributed by atoms with E-state index in [4.69, 9.17) is 10.2 Å². The molecule has 0 heterocycles. The summed E-state index contributed by atoms with van der Waals surface area (Å²) in [6.45, 7) is 6.12. The van der Waals surface area contributed by atoms with Crippen molar-refractivity contribution in [2.45, 2.75) is 39.5 Å². The van der Waals surface area contributed by atoms with Gasteiger partial charge in [-0.05, 0) is 30.0 Å². The van der Waals surface area contributed by atoms with Crippen molar-refractivity contribution in [1.29, 1.82) is 0 Å². The Labute approximate surface area is 112 Å². The van der Waals surface area contributed by atoms with Crippen LogP contribution in [0.25, 0.3) is 0 Å². The molecule has 0 fully saturated rings. The molecule has 0 amide bonds. The van der Waals surface area contributed by atoms with Crippen LogP contribution in [0.4, 0.5) is 0 Å². The zero-order valence-corrected chi connectivity index (χ0v) is 11.4. The Balaban J connectivity index is 0.000000362. The third-order valence-corrected chi connectivity index (χ3v) is 2.36. The number of phenolic OH excluding ortho intramolecular Hbond substituents is 1. The molecular formula is C14H20O5. The van der Waals surface area contributed by atoms with E-state index in [2.05, 4.69) is 13.8 Å². The van der Waals surface area contributed by atoms with Crippen molar-refractivity contribution in [2.24, 2.45) is 0 Å². The van der Waals surface area contributed by atoms with Crippen LogP contribution in [0.5, 0.6) is 5.75 Å². The van der Waals surface area contributed by atoms with Gasteiger partial charge in [-0.25, -0.2) is 0 Å². The quantitative estimate of drug-likeness (QED) is 0.780. The molecule has 0 aliphatic rings. The number of hydrogen-bond donors (Lipinski definition) is 3. The molecule has 1 aromatic rings. The third kappa shape index (κ3) is 7.81. The lowest BCUT2D eigenvalue weighted by Crippen LogP contribution is -2.00. The number of rotatable bonds is 4. The van der Waals surface area contributed by atoms with Gasteiger partial charge in [0.15, 0.2) is 0 Å². The van der Waals surface area contributed by atoms with E-state index in [1.54, 1.807) is 6.07 Å². The fraction of sp³-hybridized carbons (Fsp3) is 0.429. The van der Waals surface area contributed by atoms with Gasteiger partial charge in [0, 0.05) is 0 Å². The summed E-state index contributed by atoms with van der Waals surface area (Å²) in [7, 11) is 0.